The van der Waals surface area contributed by atoms with Gasteiger partial charge in [0.25, 0.3) is 5.91 Å². The van der Waals surface area contributed by atoms with Gasteiger partial charge in [-0.2, -0.15) is 11.3 Å². The number of nitrogens with two attached hydrogens (primary N) is 1. The zero-order valence-corrected chi connectivity index (χ0v) is 13.6. The minimum absolute atomic E-state index is 0.0112. The highest BCUT2D eigenvalue weighted by atomic mass is 32.2. The highest BCUT2D eigenvalue weighted by Gasteiger charge is 2.16. The van der Waals surface area contributed by atoms with Gasteiger partial charge in [0.2, 0.25) is 10.0 Å². The number of hydrogen-bond donors (Lipinski definition) is 2. The number of primary sulfonamides is 1. The third-order valence-corrected chi connectivity index (χ3v) is 5.07. The Bertz CT molecular complexity index is 808. The molecule has 2 rings (SSSR count). The van der Waals surface area contributed by atoms with Gasteiger partial charge in [-0.25, -0.2) is 13.6 Å². The summed E-state index contributed by atoms with van der Waals surface area (Å²) < 4.78 is 23.0. The number of thiophene rings is 1. The van der Waals surface area contributed by atoms with E-state index < -0.39 is 10.0 Å². The molecule has 1 heterocycles. The van der Waals surface area contributed by atoms with Crippen LogP contribution in [0.15, 0.2) is 27.8 Å². The topological polar surface area (TPSA) is 89.3 Å². The second-order valence-corrected chi connectivity index (χ2v) is 7.19. The van der Waals surface area contributed by atoms with Crippen molar-refractivity contribution < 1.29 is 13.2 Å². The Balaban J connectivity index is 2.43. The summed E-state index contributed by atoms with van der Waals surface area (Å²) in [5.41, 5.74) is 3.48. The first-order valence-corrected chi connectivity index (χ1v) is 8.67. The van der Waals surface area contributed by atoms with Crippen LogP contribution in [0.3, 0.4) is 0 Å². The zero-order valence-electron chi connectivity index (χ0n) is 11.9. The minimum Gasteiger partial charge on any atom is -0.322 e. The third kappa shape index (κ3) is 3.31. The van der Waals surface area contributed by atoms with E-state index in [1.54, 1.807) is 12.3 Å². The molecule has 1 aromatic heterocycles. The molecule has 0 aliphatic heterocycles. The maximum absolute atomic E-state index is 12.2. The molecule has 3 N–H and O–H groups in total. The Labute approximate surface area is 127 Å². The average molecular weight is 324 g/mol. The van der Waals surface area contributed by atoms with Gasteiger partial charge in [-0.15, -0.1) is 0 Å². The van der Waals surface area contributed by atoms with Crippen LogP contribution in [-0.4, -0.2) is 14.3 Å². The maximum Gasteiger partial charge on any atom is 0.256 e. The van der Waals surface area contributed by atoms with Gasteiger partial charge >= 0.3 is 0 Å². The molecule has 0 saturated heterocycles. The minimum atomic E-state index is -3.81. The van der Waals surface area contributed by atoms with E-state index in [9.17, 15) is 13.2 Å². The van der Waals surface area contributed by atoms with E-state index in [-0.39, 0.29) is 10.8 Å². The van der Waals surface area contributed by atoms with Gasteiger partial charge in [0, 0.05) is 11.1 Å². The Hall–Kier alpha value is -1.70. The lowest BCUT2D eigenvalue weighted by atomic mass is 10.1. The molecule has 0 spiro atoms. The van der Waals surface area contributed by atoms with Crippen LogP contribution < -0.4 is 10.5 Å². The van der Waals surface area contributed by atoms with Gasteiger partial charge in [-0.05, 0) is 55.0 Å². The largest absolute Gasteiger partial charge is 0.322 e. The van der Waals surface area contributed by atoms with Crippen LogP contribution in [0.1, 0.15) is 27.0 Å². The number of hydrogen-bond acceptors (Lipinski definition) is 4. The fourth-order valence-electron chi connectivity index (χ4n) is 1.90. The molecule has 2 aromatic rings. The summed E-state index contributed by atoms with van der Waals surface area (Å²) in [6.45, 7) is 5.44. The van der Waals surface area contributed by atoms with E-state index in [0.717, 1.165) is 16.7 Å². The van der Waals surface area contributed by atoms with Gasteiger partial charge in [0.1, 0.15) is 0 Å². The van der Waals surface area contributed by atoms with Crippen molar-refractivity contribution >= 4 is 33.0 Å². The number of benzene rings is 1. The van der Waals surface area contributed by atoms with Gasteiger partial charge in [-0.3, -0.25) is 4.79 Å². The Morgan fingerprint density at radius 3 is 2.33 bits per heavy atom. The van der Waals surface area contributed by atoms with Gasteiger partial charge in [-0.1, -0.05) is 0 Å². The van der Waals surface area contributed by atoms with Crippen molar-refractivity contribution in [3.8, 4) is 0 Å². The van der Waals surface area contributed by atoms with Crippen LogP contribution in [0.5, 0.6) is 0 Å². The van der Waals surface area contributed by atoms with Crippen molar-refractivity contribution in [3.63, 3.8) is 0 Å². The molecule has 5 nitrogen and oxygen atoms in total. The van der Waals surface area contributed by atoms with Gasteiger partial charge in [0.05, 0.1) is 10.5 Å². The number of carbonyl (C=O) groups excluding carboxylic acids is 1. The van der Waals surface area contributed by atoms with Crippen molar-refractivity contribution in [2.24, 2.45) is 5.14 Å². The molecule has 0 saturated carbocycles. The maximum atomic E-state index is 12.2. The van der Waals surface area contributed by atoms with Crippen LogP contribution in [-0.2, 0) is 10.0 Å². The van der Waals surface area contributed by atoms with Crippen LogP contribution >= 0.6 is 11.3 Å². The lowest BCUT2D eigenvalue weighted by molar-refractivity contribution is 0.102. The summed E-state index contributed by atoms with van der Waals surface area (Å²) in [6.07, 6.45) is 0. The number of nitrogens with one attached hydrogen (secondary N) is 1. The molecule has 0 unspecified atom stereocenters. The molecule has 21 heavy (non-hydrogen) atoms. The second-order valence-electron chi connectivity index (χ2n) is 4.88. The molecule has 112 valence electrons. The number of aryl methyl sites for hydroxylation is 2. The molecule has 1 amide bonds. The normalized spacial score (nSPS) is 11.4. The predicted molar refractivity (Wildman–Crippen MR) is 84.3 cm³/mol. The number of sulfonamides is 1. The molecule has 7 heteroatoms. The van der Waals surface area contributed by atoms with Crippen LogP contribution in [0.4, 0.5) is 5.69 Å². The molecule has 0 fully saturated rings. The van der Waals surface area contributed by atoms with Crippen molar-refractivity contribution in [2.75, 3.05) is 5.32 Å². The lowest BCUT2D eigenvalue weighted by Gasteiger charge is -2.12. The van der Waals surface area contributed by atoms with Crippen molar-refractivity contribution in [3.05, 3.63) is 45.1 Å². The second kappa shape index (κ2) is 5.59. The molecular formula is C14H16N2O3S2. The zero-order chi connectivity index (χ0) is 15.8. The van der Waals surface area contributed by atoms with E-state index >= 15 is 0 Å². The fraction of sp³-hybridized carbons (Fsp3) is 0.214. The van der Waals surface area contributed by atoms with E-state index in [1.807, 2.05) is 19.2 Å². The molecule has 0 bridgehead atoms. The lowest BCUT2D eigenvalue weighted by Crippen LogP contribution is -2.16. The van der Waals surface area contributed by atoms with Crippen molar-refractivity contribution in [2.45, 2.75) is 25.7 Å². The summed E-state index contributed by atoms with van der Waals surface area (Å²) >= 11 is 1.44. The first kappa shape index (κ1) is 15.7. The standard InChI is InChI=1S/C14H16N2O3S2/c1-8-4-11(21(15,18)19)5-13(10(8)3)16-14(17)12-7-20-6-9(12)2/h4-7H,1-3H3,(H,16,17)(H2,15,18,19). The number of amides is 1. The van der Waals surface area contributed by atoms with E-state index in [1.165, 1.54) is 23.5 Å². The van der Waals surface area contributed by atoms with E-state index in [0.29, 0.717) is 11.3 Å². The summed E-state index contributed by atoms with van der Waals surface area (Å²) in [7, 11) is -3.81. The van der Waals surface area contributed by atoms with Crippen LogP contribution in [0.2, 0.25) is 0 Å². The third-order valence-electron chi connectivity index (χ3n) is 3.32. The molecule has 1 aromatic carbocycles. The fourth-order valence-corrected chi connectivity index (χ4v) is 3.35. The quantitative estimate of drug-likeness (QED) is 0.909. The number of carbonyl (C=O) groups is 1. The molecule has 0 atom stereocenters. The van der Waals surface area contributed by atoms with Gasteiger partial charge in [0.15, 0.2) is 0 Å². The first-order chi connectivity index (χ1) is 9.70. The number of anilines is 1. The predicted octanol–water partition coefficient (Wildman–Crippen LogP) is 2.57. The summed E-state index contributed by atoms with van der Waals surface area (Å²) in [5, 5.41) is 11.6. The monoisotopic (exact) mass is 324 g/mol. The molecule has 0 aliphatic carbocycles. The molecular weight excluding hydrogens is 308 g/mol. The number of rotatable bonds is 3. The van der Waals surface area contributed by atoms with Crippen molar-refractivity contribution in [1.29, 1.82) is 0 Å². The Morgan fingerprint density at radius 1 is 1.14 bits per heavy atom. The first-order valence-electron chi connectivity index (χ1n) is 6.18. The highest BCUT2D eigenvalue weighted by molar-refractivity contribution is 7.89. The van der Waals surface area contributed by atoms with Crippen LogP contribution in [0, 0.1) is 20.8 Å². The smallest absolute Gasteiger partial charge is 0.256 e. The van der Waals surface area contributed by atoms with Gasteiger partial charge < -0.3 is 5.32 Å². The molecule has 0 radical (unpaired) electrons. The molecule has 0 aliphatic rings. The Morgan fingerprint density at radius 2 is 1.81 bits per heavy atom. The summed E-state index contributed by atoms with van der Waals surface area (Å²) in [6, 6.07) is 2.88. The SMILES string of the molecule is Cc1cscc1C(=O)Nc1cc(S(N)(=O)=O)cc(C)c1C. The summed E-state index contributed by atoms with van der Waals surface area (Å²) in [4.78, 5) is 12.2. The average Bonchev–Trinajstić information content (AvgIpc) is 2.79. The Kier molecular flexibility index (Phi) is 4.18. The summed E-state index contributed by atoms with van der Waals surface area (Å²) in [5.74, 6) is -0.261. The van der Waals surface area contributed by atoms with E-state index in [2.05, 4.69) is 5.32 Å². The van der Waals surface area contributed by atoms with Crippen molar-refractivity contribution in [1.82, 2.24) is 0 Å². The van der Waals surface area contributed by atoms with Crippen LogP contribution in [0.25, 0.3) is 0 Å². The highest BCUT2D eigenvalue weighted by Crippen LogP contribution is 2.25. The van der Waals surface area contributed by atoms with E-state index in [4.69, 9.17) is 5.14 Å².